The zero-order valence-corrected chi connectivity index (χ0v) is 42.9. The van der Waals surface area contributed by atoms with Crippen LogP contribution in [0.15, 0.2) is 97.2 Å². The van der Waals surface area contributed by atoms with Gasteiger partial charge in [-0.2, -0.15) is 0 Å². The van der Waals surface area contributed by atoms with E-state index >= 15 is 0 Å². The summed E-state index contributed by atoms with van der Waals surface area (Å²) in [7, 11) is 0. The second-order valence-electron chi connectivity index (χ2n) is 17.9. The highest BCUT2D eigenvalue weighted by molar-refractivity contribution is 5.71. The Morgan fingerprint density at radius 1 is 0.318 bits per heavy atom. The molecule has 0 rings (SSSR count). The maximum atomic E-state index is 12.8. The van der Waals surface area contributed by atoms with Gasteiger partial charge in [0.25, 0.3) is 0 Å². The van der Waals surface area contributed by atoms with Gasteiger partial charge in [0.2, 0.25) is 0 Å². The summed E-state index contributed by atoms with van der Waals surface area (Å²) in [5.74, 6) is -1.01. The minimum atomic E-state index is -0.814. The highest BCUT2D eigenvalue weighted by Gasteiger charge is 2.19. The number of allylic oxidation sites excluding steroid dienone is 16. The Labute approximate surface area is 407 Å². The Balaban J connectivity index is 4.50. The van der Waals surface area contributed by atoms with Crippen molar-refractivity contribution in [3.8, 4) is 0 Å². The molecule has 0 amide bonds. The minimum absolute atomic E-state index is 0.110. The lowest BCUT2D eigenvalue weighted by atomic mass is 10.1. The van der Waals surface area contributed by atoms with Gasteiger partial charge in [-0.15, -0.1) is 0 Å². The Kier molecular flexibility index (Phi) is 50.9. The molecule has 0 aliphatic heterocycles. The molecule has 6 heteroatoms. The lowest BCUT2D eigenvalue weighted by molar-refractivity contribution is -0.166. The second kappa shape index (κ2) is 53.9. The number of unbranched alkanes of at least 4 members (excludes halogenated alkanes) is 25. The molecule has 0 saturated heterocycles. The first-order valence-electron chi connectivity index (χ1n) is 27.3. The molecule has 0 fully saturated rings. The summed E-state index contributed by atoms with van der Waals surface area (Å²) in [6.07, 6.45) is 71.1. The summed E-state index contributed by atoms with van der Waals surface area (Å²) < 4.78 is 16.7. The third-order valence-electron chi connectivity index (χ3n) is 11.4. The van der Waals surface area contributed by atoms with Crippen molar-refractivity contribution < 1.29 is 28.6 Å². The van der Waals surface area contributed by atoms with E-state index in [9.17, 15) is 14.4 Å². The summed E-state index contributed by atoms with van der Waals surface area (Å²) in [6, 6.07) is 0. The zero-order valence-electron chi connectivity index (χ0n) is 42.9. The minimum Gasteiger partial charge on any atom is -0.462 e. The summed E-state index contributed by atoms with van der Waals surface area (Å²) in [4.78, 5) is 38.0. The molecule has 376 valence electrons. The Hall–Kier alpha value is -3.67. The van der Waals surface area contributed by atoms with E-state index < -0.39 is 6.10 Å². The molecule has 6 nitrogen and oxygen atoms in total. The van der Waals surface area contributed by atoms with Crippen molar-refractivity contribution in [2.75, 3.05) is 13.2 Å². The number of hydrogen-bond acceptors (Lipinski definition) is 6. The Bertz CT molecular complexity index is 1330. The first kappa shape index (κ1) is 62.3. The number of carbonyl (C=O) groups is 3. The van der Waals surface area contributed by atoms with Crippen LogP contribution in [-0.2, 0) is 28.6 Å². The summed E-state index contributed by atoms with van der Waals surface area (Å²) >= 11 is 0. The SMILES string of the molecule is CCC\C=C/C=C\C=C/C=C\C=C/CCCCCCCC(=O)OCC(COC(=O)CC/C=C\C/C=C\CCCCCCCC)OC(=O)CCCCCCCCC/C=C\CCCCCCCC. The lowest BCUT2D eigenvalue weighted by Gasteiger charge is -2.18. The molecule has 0 aliphatic rings. The third kappa shape index (κ3) is 51.3. The van der Waals surface area contributed by atoms with E-state index in [2.05, 4.69) is 87.6 Å². The van der Waals surface area contributed by atoms with E-state index in [4.69, 9.17) is 14.2 Å². The van der Waals surface area contributed by atoms with E-state index in [-0.39, 0.29) is 37.5 Å². The quantitative estimate of drug-likeness (QED) is 0.0199. The van der Waals surface area contributed by atoms with E-state index in [1.807, 2.05) is 30.4 Å². The fourth-order valence-corrected chi connectivity index (χ4v) is 7.28. The predicted octanol–water partition coefficient (Wildman–Crippen LogP) is 18.1. The molecule has 1 unspecified atom stereocenters. The van der Waals surface area contributed by atoms with Crippen LogP contribution in [0.2, 0.25) is 0 Å². The fourth-order valence-electron chi connectivity index (χ4n) is 7.28. The van der Waals surface area contributed by atoms with Crippen LogP contribution in [0.1, 0.15) is 245 Å². The Morgan fingerprint density at radius 2 is 0.667 bits per heavy atom. The molecule has 66 heavy (non-hydrogen) atoms. The van der Waals surface area contributed by atoms with Gasteiger partial charge in [-0.25, -0.2) is 0 Å². The number of hydrogen-bond donors (Lipinski definition) is 0. The van der Waals surface area contributed by atoms with Crippen molar-refractivity contribution in [2.24, 2.45) is 0 Å². The van der Waals surface area contributed by atoms with Crippen LogP contribution in [0.25, 0.3) is 0 Å². The van der Waals surface area contributed by atoms with Gasteiger partial charge in [-0.3, -0.25) is 14.4 Å². The highest BCUT2D eigenvalue weighted by atomic mass is 16.6. The molecule has 0 bridgehead atoms. The van der Waals surface area contributed by atoms with Crippen molar-refractivity contribution >= 4 is 17.9 Å². The van der Waals surface area contributed by atoms with Crippen LogP contribution >= 0.6 is 0 Å². The van der Waals surface area contributed by atoms with Crippen molar-refractivity contribution in [1.29, 1.82) is 0 Å². The normalized spacial score (nSPS) is 12.8. The third-order valence-corrected chi connectivity index (χ3v) is 11.4. The molecule has 0 heterocycles. The Morgan fingerprint density at radius 3 is 1.14 bits per heavy atom. The molecule has 0 radical (unpaired) electrons. The molecule has 0 saturated carbocycles. The standard InChI is InChI=1S/C60H100O6/c1-4-7-10-13-16-19-22-25-27-29-31-32-35-38-41-44-47-50-53-59(62)65-56-57(55-64-58(61)52-49-46-43-40-37-34-24-21-18-15-12-9-6-3)66-60(63)54-51-48-45-42-39-36-33-30-28-26-23-20-17-14-11-8-5-2/h10,13,16,19,22,25-29,31-32,34,37,43,46,57H,4-9,11-12,14-15,17-18,20-21,23-24,30,33,35-36,38-42,44-45,47-56H2,1-3H3/b13-10-,19-16-,25-22-,28-26-,29-27-,32-31-,37-34-,46-43-. The van der Waals surface area contributed by atoms with Gasteiger partial charge in [-0.1, -0.05) is 240 Å². The lowest BCUT2D eigenvalue weighted by Crippen LogP contribution is -2.30. The van der Waals surface area contributed by atoms with Crippen LogP contribution < -0.4 is 0 Å². The van der Waals surface area contributed by atoms with Crippen molar-refractivity contribution in [2.45, 2.75) is 252 Å². The van der Waals surface area contributed by atoms with E-state index in [1.165, 1.54) is 122 Å². The van der Waals surface area contributed by atoms with Crippen LogP contribution in [0.4, 0.5) is 0 Å². The average molecular weight is 917 g/mol. The smallest absolute Gasteiger partial charge is 0.306 e. The molecule has 0 aromatic heterocycles. The van der Waals surface area contributed by atoms with Crippen LogP contribution in [0, 0.1) is 0 Å². The van der Waals surface area contributed by atoms with Crippen LogP contribution in [0.5, 0.6) is 0 Å². The van der Waals surface area contributed by atoms with Crippen molar-refractivity contribution in [3.05, 3.63) is 97.2 Å². The van der Waals surface area contributed by atoms with Crippen molar-refractivity contribution in [3.63, 3.8) is 0 Å². The number of rotatable bonds is 48. The summed E-state index contributed by atoms with van der Waals surface area (Å²) in [5, 5.41) is 0. The number of carbonyl (C=O) groups excluding carboxylic acids is 3. The van der Waals surface area contributed by atoms with Gasteiger partial charge in [0.1, 0.15) is 13.2 Å². The monoisotopic (exact) mass is 917 g/mol. The molecule has 0 N–H and O–H groups in total. The molecule has 1 atom stereocenters. The predicted molar refractivity (Wildman–Crippen MR) is 284 cm³/mol. The van der Waals surface area contributed by atoms with Crippen molar-refractivity contribution in [1.82, 2.24) is 0 Å². The first-order chi connectivity index (χ1) is 32.5. The number of ether oxygens (including phenoxy) is 3. The van der Waals surface area contributed by atoms with Gasteiger partial charge in [0.05, 0.1) is 0 Å². The maximum Gasteiger partial charge on any atom is 0.306 e. The van der Waals surface area contributed by atoms with Crippen LogP contribution in [0.3, 0.4) is 0 Å². The topological polar surface area (TPSA) is 78.9 Å². The molecule has 0 aromatic rings. The molecule has 0 aromatic carbocycles. The number of esters is 3. The molecule has 0 spiro atoms. The molecular weight excluding hydrogens is 817 g/mol. The molecule has 0 aliphatic carbocycles. The van der Waals surface area contributed by atoms with E-state index in [1.54, 1.807) is 0 Å². The summed E-state index contributed by atoms with van der Waals surface area (Å²) in [6.45, 7) is 6.46. The average Bonchev–Trinajstić information content (AvgIpc) is 3.31. The van der Waals surface area contributed by atoms with Gasteiger partial charge < -0.3 is 14.2 Å². The second-order valence-corrected chi connectivity index (χ2v) is 17.9. The summed E-state index contributed by atoms with van der Waals surface area (Å²) in [5.41, 5.74) is 0. The molecular formula is C60H100O6. The van der Waals surface area contributed by atoms with Crippen LogP contribution in [-0.4, -0.2) is 37.2 Å². The first-order valence-corrected chi connectivity index (χ1v) is 27.3. The maximum absolute atomic E-state index is 12.8. The van der Waals surface area contributed by atoms with E-state index in [0.717, 1.165) is 77.0 Å². The van der Waals surface area contributed by atoms with Gasteiger partial charge in [0.15, 0.2) is 6.10 Å². The van der Waals surface area contributed by atoms with Gasteiger partial charge >= 0.3 is 17.9 Å². The zero-order chi connectivity index (χ0) is 47.9. The van der Waals surface area contributed by atoms with Gasteiger partial charge in [0, 0.05) is 19.3 Å². The highest BCUT2D eigenvalue weighted by Crippen LogP contribution is 2.14. The largest absolute Gasteiger partial charge is 0.462 e. The fraction of sp³-hybridized carbons (Fsp3) is 0.683. The van der Waals surface area contributed by atoms with Gasteiger partial charge in [-0.05, 0) is 83.5 Å². The van der Waals surface area contributed by atoms with E-state index in [0.29, 0.717) is 19.3 Å².